The molecule has 5 heteroatoms. The Kier molecular flexibility index (Phi) is 6.05. The van der Waals surface area contributed by atoms with Crippen molar-refractivity contribution in [2.45, 2.75) is 46.0 Å². The fourth-order valence-electron chi connectivity index (χ4n) is 1.54. The summed E-state index contributed by atoms with van der Waals surface area (Å²) in [7, 11) is 0. The van der Waals surface area contributed by atoms with E-state index in [0.717, 1.165) is 25.2 Å². The number of anilines is 2. The van der Waals surface area contributed by atoms with Gasteiger partial charge in [-0.05, 0) is 6.42 Å². The average molecular weight is 257 g/mol. The number of nitrogen functional groups attached to an aromatic ring is 1. The van der Waals surface area contributed by atoms with E-state index in [2.05, 4.69) is 22.2 Å². The average Bonchev–Trinajstić information content (AvgIpc) is 2.33. The molecule has 0 saturated heterocycles. The van der Waals surface area contributed by atoms with Gasteiger partial charge in [0.1, 0.15) is 11.5 Å². The number of nitrogens with two attached hydrogens (primary N) is 1. The molecule has 1 heterocycles. The molecule has 0 aliphatic carbocycles. The van der Waals surface area contributed by atoms with Crippen LogP contribution in [0.2, 0.25) is 5.15 Å². The minimum Gasteiger partial charge on any atom is -0.393 e. The van der Waals surface area contributed by atoms with Gasteiger partial charge in [0.05, 0.1) is 0 Å². The third-order valence-corrected chi connectivity index (χ3v) is 2.87. The largest absolute Gasteiger partial charge is 0.393 e. The molecule has 0 spiro atoms. The molecule has 4 nitrogen and oxygen atoms in total. The molecule has 96 valence electrons. The molecule has 0 aliphatic rings. The SMILES string of the molecule is CCCCCCNc1nc(CC)nc(Cl)c1N. The molecule has 0 saturated carbocycles. The zero-order valence-electron chi connectivity index (χ0n) is 10.6. The molecule has 0 radical (unpaired) electrons. The highest BCUT2D eigenvalue weighted by Gasteiger charge is 2.08. The van der Waals surface area contributed by atoms with Crippen LogP contribution in [0.1, 0.15) is 45.4 Å². The van der Waals surface area contributed by atoms with E-state index in [-0.39, 0.29) is 0 Å². The van der Waals surface area contributed by atoms with Crippen molar-refractivity contribution >= 4 is 23.1 Å². The van der Waals surface area contributed by atoms with E-state index in [0.29, 0.717) is 16.7 Å². The predicted octanol–water partition coefficient (Wildman–Crippen LogP) is 3.27. The minimum atomic E-state index is 0.341. The molecule has 0 atom stereocenters. The molecular weight excluding hydrogens is 236 g/mol. The molecule has 0 aromatic carbocycles. The van der Waals surface area contributed by atoms with Crippen molar-refractivity contribution in [2.24, 2.45) is 0 Å². The predicted molar refractivity (Wildman–Crippen MR) is 73.5 cm³/mol. The van der Waals surface area contributed by atoms with E-state index in [9.17, 15) is 0 Å². The van der Waals surface area contributed by atoms with Gasteiger partial charge in [-0.2, -0.15) is 0 Å². The summed E-state index contributed by atoms with van der Waals surface area (Å²) in [5, 5.41) is 3.57. The molecule has 1 aromatic rings. The van der Waals surface area contributed by atoms with E-state index in [1.165, 1.54) is 19.3 Å². The standard InChI is InChI=1S/C12H21ClN4/c1-3-5-6-7-8-15-12-10(14)11(13)16-9(4-2)17-12/h3-8,14H2,1-2H3,(H,15,16,17). The molecule has 3 N–H and O–H groups in total. The van der Waals surface area contributed by atoms with Crippen LogP contribution >= 0.6 is 11.6 Å². The fourth-order valence-corrected chi connectivity index (χ4v) is 1.72. The molecular formula is C12H21ClN4. The first-order valence-corrected chi connectivity index (χ1v) is 6.62. The number of rotatable bonds is 7. The van der Waals surface area contributed by atoms with Crippen molar-refractivity contribution in [3.05, 3.63) is 11.0 Å². The smallest absolute Gasteiger partial charge is 0.157 e. The highest BCUT2D eigenvalue weighted by molar-refractivity contribution is 6.32. The van der Waals surface area contributed by atoms with Gasteiger partial charge in [0.25, 0.3) is 0 Å². The third-order valence-electron chi connectivity index (χ3n) is 2.58. The van der Waals surface area contributed by atoms with Gasteiger partial charge < -0.3 is 11.1 Å². The zero-order valence-corrected chi connectivity index (χ0v) is 11.3. The molecule has 1 rings (SSSR count). The van der Waals surface area contributed by atoms with Gasteiger partial charge in [-0.3, -0.25) is 0 Å². The van der Waals surface area contributed by atoms with Crippen LogP contribution < -0.4 is 11.1 Å². The van der Waals surface area contributed by atoms with E-state index < -0.39 is 0 Å². The molecule has 1 aromatic heterocycles. The van der Waals surface area contributed by atoms with Crippen molar-refractivity contribution < 1.29 is 0 Å². The first kappa shape index (κ1) is 14.0. The Morgan fingerprint density at radius 1 is 1.18 bits per heavy atom. The number of nitrogens with one attached hydrogen (secondary N) is 1. The Bertz CT molecular complexity index is 355. The van der Waals surface area contributed by atoms with Gasteiger partial charge >= 0.3 is 0 Å². The van der Waals surface area contributed by atoms with Crippen LogP contribution in [-0.4, -0.2) is 16.5 Å². The van der Waals surface area contributed by atoms with Crippen LogP contribution in [0.4, 0.5) is 11.5 Å². The van der Waals surface area contributed by atoms with Crippen molar-refractivity contribution in [3.63, 3.8) is 0 Å². The maximum absolute atomic E-state index is 5.94. The second kappa shape index (κ2) is 7.33. The first-order chi connectivity index (χ1) is 8.19. The van der Waals surface area contributed by atoms with Gasteiger partial charge in [0, 0.05) is 13.0 Å². The fraction of sp³-hybridized carbons (Fsp3) is 0.667. The van der Waals surface area contributed by atoms with Gasteiger partial charge in [-0.1, -0.05) is 44.7 Å². The van der Waals surface area contributed by atoms with Crippen LogP contribution in [-0.2, 0) is 6.42 Å². The summed E-state index contributed by atoms with van der Waals surface area (Å²) >= 11 is 5.94. The van der Waals surface area contributed by atoms with Crippen LogP contribution in [0.3, 0.4) is 0 Å². The Balaban J connectivity index is 2.54. The van der Waals surface area contributed by atoms with Crippen molar-refractivity contribution in [3.8, 4) is 0 Å². The Labute approximate surface area is 108 Å². The topological polar surface area (TPSA) is 63.8 Å². The number of aromatic nitrogens is 2. The second-order valence-corrected chi connectivity index (χ2v) is 4.39. The van der Waals surface area contributed by atoms with Crippen LogP contribution in [0.25, 0.3) is 0 Å². The Morgan fingerprint density at radius 2 is 1.94 bits per heavy atom. The number of unbranched alkanes of at least 4 members (excludes halogenated alkanes) is 3. The minimum absolute atomic E-state index is 0.341. The lowest BCUT2D eigenvalue weighted by Crippen LogP contribution is -2.09. The molecule has 0 fully saturated rings. The lowest BCUT2D eigenvalue weighted by atomic mass is 10.2. The highest BCUT2D eigenvalue weighted by Crippen LogP contribution is 2.23. The normalized spacial score (nSPS) is 10.5. The summed E-state index contributed by atoms with van der Waals surface area (Å²) in [6.07, 6.45) is 5.60. The number of hydrogen-bond donors (Lipinski definition) is 2. The summed E-state index contributed by atoms with van der Waals surface area (Å²) in [5.41, 5.74) is 6.27. The molecule has 0 bridgehead atoms. The monoisotopic (exact) mass is 256 g/mol. The Morgan fingerprint density at radius 3 is 2.59 bits per heavy atom. The summed E-state index contributed by atoms with van der Waals surface area (Å²) in [5.74, 6) is 1.39. The Hall–Kier alpha value is -1.03. The van der Waals surface area contributed by atoms with E-state index in [1.807, 2.05) is 6.92 Å². The molecule has 0 amide bonds. The van der Waals surface area contributed by atoms with Crippen molar-refractivity contribution in [1.29, 1.82) is 0 Å². The van der Waals surface area contributed by atoms with Gasteiger partial charge in [0.2, 0.25) is 0 Å². The van der Waals surface area contributed by atoms with E-state index in [4.69, 9.17) is 17.3 Å². The van der Waals surface area contributed by atoms with E-state index in [1.54, 1.807) is 0 Å². The zero-order chi connectivity index (χ0) is 12.7. The van der Waals surface area contributed by atoms with Crippen LogP contribution in [0.15, 0.2) is 0 Å². The first-order valence-electron chi connectivity index (χ1n) is 6.24. The molecule has 0 aliphatic heterocycles. The van der Waals surface area contributed by atoms with Gasteiger partial charge in [0.15, 0.2) is 11.0 Å². The van der Waals surface area contributed by atoms with Gasteiger partial charge in [-0.15, -0.1) is 0 Å². The van der Waals surface area contributed by atoms with Crippen LogP contribution in [0, 0.1) is 0 Å². The summed E-state index contributed by atoms with van der Waals surface area (Å²) in [4.78, 5) is 8.44. The lowest BCUT2D eigenvalue weighted by Gasteiger charge is -2.10. The summed E-state index contributed by atoms with van der Waals surface area (Å²) in [6, 6.07) is 0. The molecule has 17 heavy (non-hydrogen) atoms. The highest BCUT2D eigenvalue weighted by atomic mass is 35.5. The van der Waals surface area contributed by atoms with Crippen LogP contribution in [0.5, 0.6) is 0 Å². The lowest BCUT2D eigenvalue weighted by molar-refractivity contribution is 0.684. The number of halogens is 1. The second-order valence-electron chi connectivity index (χ2n) is 4.03. The summed E-state index contributed by atoms with van der Waals surface area (Å²) in [6.45, 7) is 5.07. The van der Waals surface area contributed by atoms with Crippen molar-refractivity contribution in [1.82, 2.24) is 9.97 Å². The quantitative estimate of drug-likeness (QED) is 0.581. The maximum atomic E-state index is 5.94. The van der Waals surface area contributed by atoms with Gasteiger partial charge in [-0.25, -0.2) is 9.97 Å². The number of hydrogen-bond acceptors (Lipinski definition) is 4. The third kappa shape index (κ3) is 4.38. The number of nitrogens with zero attached hydrogens (tertiary/aromatic N) is 2. The van der Waals surface area contributed by atoms with Crippen molar-refractivity contribution in [2.75, 3.05) is 17.6 Å². The number of aryl methyl sites for hydroxylation is 1. The summed E-state index contributed by atoms with van der Waals surface area (Å²) < 4.78 is 0. The maximum Gasteiger partial charge on any atom is 0.157 e. The molecule has 0 unspecified atom stereocenters. The van der Waals surface area contributed by atoms with E-state index >= 15 is 0 Å².